The third-order valence-corrected chi connectivity index (χ3v) is 3.06. The zero-order chi connectivity index (χ0) is 16.0. The number of rotatable bonds is 6. The van der Waals surface area contributed by atoms with E-state index < -0.39 is 5.54 Å². The van der Waals surface area contributed by atoms with Crippen LogP contribution in [0.5, 0.6) is 5.75 Å². The molecule has 0 aliphatic carbocycles. The van der Waals surface area contributed by atoms with Crippen molar-refractivity contribution >= 4 is 23.3 Å². The van der Waals surface area contributed by atoms with Gasteiger partial charge in [0.1, 0.15) is 0 Å². The first-order valence-corrected chi connectivity index (χ1v) is 7.28. The molecule has 2 amide bonds. The summed E-state index contributed by atoms with van der Waals surface area (Å²) in [5.74, 6) is 0.448. The summed E-state index contributed by atoms with van der Waals surface area (Å²) < 4.78 is 5.64. The van der Waals surface area contributed by atoms with Gasteiger partial charge in [-0.3, -0.25) is 0 Å². The molecule has 118 valence electrons. The number of carbonyl (C=O) groups is 1. The fourth-order valence-electron chi connectivity index (χ4n) is 1.77. The summed E-state index contributed by atoms with van der Waals surface area (Å²) in [6, 6.07) is 4.80. The van der Waals surface area contributed by atoms with Gasteiger partial charge in [-0.1, -0.05) is 17.7 Å². The van der Waals surface area contributed by atoms with Gasteiger partial charge in [0, 0.05) is 12.1 Å². The number of ether oxygens (including phenoxy) is 1. The number of hydrogen-bond donors (Lipinski definition) is 3. The molecule has 0 saturated heterocycles. The quantitative estimate of drug-likeness (QED) is 0.753. The topological polar surface area (TPSA) is 70.6 Å². The lowest BCUT2D eigenvalue weighted by molar-refractivity contribution is 0.218. The van der Waals surface area contributed by atoms with E-state index in [4.69, 9.17) is 21.4 Å². The Balaban J connectivity index is 2.83. The van der Waals surface area contributed by atoms with Gasteiger partial charge in [0.15, 0.2) is 5.75 Å². The van der Waals surface area contributed by atoms with Crippen LogP contribution in [0.1, 0.15) is 34.1 Å². The van der Waals surface area contributed by atoms with Gasteiger partial charge < -0.3 is 20.5 Å². The van der Waals surface area contributed by atoms with Crippen molar-refractivity contribution in [2.24, 2.45) is 0 Å². The lowest BCUT2D eigenvalue weighted by Gasteiger charge is -2.26. The Morgan fingerprint density at radius 3 is 2.67 bits per heavy atom. The third kappa shape index (κ3) is 5.81. The van der Waals surface area contributed by atoms with Crippen molar-refractivity contribution < 1.29 is 14.6 Å². The van der Waals surface area contributed by atoms with E-state index in [2.05, 4.69) is 10.6 Å². The highest BCUT2D eigenvalue weighted by molar-refractivity contribution is 6.32. The number of aliphatic hydroxyl groups is 1. The number of anilines is 1. The van der Waals surface area contributed by atoms with Crippen molar-refractivity contribution in [1.29, 1.82) is 0 Å². The first kappa shape index (κ1) is 17.6. The molecule has 0 aliphatic rings. The van der Waals surface area contributed by atoms with E-state index in [1.807, 2.05) is 27.7 Å². The van der Waals surface area contributed by atoms with Crippen molar-refractivity contribution in [3.63, 3.8) is 0 Å². The summed E-state index contributed by atoms with van der Waals surface area (Å²) >= 11 is 6.11. The maximum absolute atomic E-state index is 12.0. The second kappa shape index (κ2) is 7.52. The van der Waals surface area contributed by atoms with Gasteiger partial charge in [0.2, 0.25) is 0 Å². The van der Waals surface area contributed by atoms with Crippen molar-refractivity contribution in [2.45, 2.75) is 45.8 Å². The van der Waals surface area contributed by atoms with Crippen LogP contribution in [0.3, 0.4) is 0 Å². The van der Waals surface area contributed by atoms with E-state index in [9.17, 15) is 4.79 Å². The van der Waals surface area contributed by atoms with Crippen LogP contribution in [0.4, 0.5) is 10.5 Å². The predicted octanol–water partition coefficient (Wildman–Crippen LogP) is 3.41. The summed E-state index contributed by atoms with van der Waals surface area (Å²) in [4.78, 5) is 12.0. The largest absolute Gasteiger partial charge is 0.487 e. The number of halogens is 1. The summed E-state index contributed by atoms with van der Waals surface area (Å²) in [5, 5.41) is 14.9. The first-order valence-electron chi connectivity index (χ1n) is 6.90. The van der Waals surface area contributed by atoms with Crippen LogP contribution in [0.25, 0.3) is 0 Å². The molecule has 1 aromatic rings. The van der Waals surface area contributed by atoms with E-state index in [1.165, 1.54) is 0 Å². The summed E-state index contributed by atoms with van der Waals surface area (Å²) in [5.41, 5.74) is 0.00437. The Bertz CT molecular complexity index is 490. The average Bonchev–Trinajstić information content (AvgIpc) is 2.32. The Morgan fingerprint density at radius 1 is 1.43 bits per heavy atom. The van der Waals surface area contributed by atoms with Gasteiger partial charge >= 0.3 is 6.03 Å². The fraction of sp³-hybridized carbons (Fsp3) is 0.533. The predicted molar refractivity (Wildman–Crippen MR) is 85.2 cm³/mol. The van der Waals surface area contributed by atoms with Crippen LogP contribution in [-0.4, -0.2) is 29.4 Å². The molecule has 21 heavy (non-hydrogen) atoms. The van der Waals surface area contributed by atoms with Gasteiger partial charge in [-0.15, -0.1) is 0 Å². The standard InChI is InChI=1S/C15H23ClN2O3/c1-10(2)21-13-11(16)6-5-7-12(13)17-14(20)18-15(3,4)8-9-19/h5-7,10,19H,8-9H2,1-4H3,(H2,17,18,20). The minimum atomic E-state index is -0.503. The average molecular weight is 315 g/mol. The molecular weight excluding hydrogens is 292 g/mol. The van der Waals surface area contributed by atoms with Crippen LogP contribution >= 0.6 is 11.6 Å². The van der Waals surface area contributed by atoms with Crippen LogP contribution in [0.2, 0.25) is 5.02 Å². The van der Waals surface area contributed by atoms with Gasteiger partial charge in [-0.25, -0.2) is 4.79 Å². The molecule has 0 fully saturated rings. The van der Waals surface area contributed by atoms with Crippen LogP contribution in [0.15, 0.2) is 18.2 Å². The SMILES string of the molecule is CC(C)Oc1c(Cl)cccc1NC(=O)NC(C)(C)CCO. The van der Waals surface area contributed by atoms with Gasteiger partial charge in [-0.2, -0.15) is 0 Å². The molecule has 0 aliphatic heterocycles. The Hall–Kier alpha value is -1.46. The molecule has 0 radical (unpaired) electrons. The highest BCUT2D eigenvalue weighted by atomic mass is 35.5. The molecule has 0 spiro atoms. The van der Waals surface area contributed by atoms with Crippen LogP contribution in [0, 0.1) is 0 Å². The Kier molecular flexibility index (Phi) is 6.30. The summed E-state index contributed by atoms with van der Waals surface area (Å²) in [7, 11) is 0. The zero-order valence-corrected chi connectivity index (χ0v) is 13.6. The molecule has 0 heterocycles. The second-order valence-corrected chi connectivity index (χ2v) is 6.13. The smallest absolute Gasteiger partial charge is 0.319 e. The molecular formula is C15H23ClN2O3. The molecule has 5 nitrogen and oxygen atoms in total. The lowest BCUT2D eigenvalue weighted by atomic mass is 10.0. The maximum atomic E-state index is 12.0. The number of hydrogen-bond acceptors (Lipinski definition) is 3. The van der Waals surface area contributed by atoms with E-state index in [0.717, 1.165) is 0 Å². The Labute approximate surface area is 130 Å². The molecule has 1 aromatic carbocycles. The number of para-hydroxylation sites is 1. The minimum Gasteiger partial charge on any atom is -0.487 e. The monoisotopic (exact) mass is 314 g/mol. The van der Waals surface area contributed by atoms with Crippen molar-refractivity contribution in [2.75, 3.05) is 11.9 Å². The number of amides is 2. The number of benzene rings is 1. The van der Waals surface area contributed by atoms with Crippen LogP contribution < -0.4 is 15.4 Å². The molecule has 0 atom stereocenters. The van der Waals surface area contributed by atoms with E-state index in [0.29, 0.717) is 22.9 Å². The van der Waals surface area contributed by atoms with Crippen molar-refractivity contribution in [1.82, 2.24) is 5.32 Å². The summed E-state index contributed by atoms with van der Waals surface area (Å²) in [6.45, 7) is 7.46. The third-order valence-electron chi connectivity index (χ3n) is 2.76. The van der Waals surface area contributed by atoms with Crippen molar-refractivity contribution in [3.8, 4) is 5.75 Å². The lowest BCUT2D eigenvalue weighted by Crippen LogP contribution is -2.46. The number of urea groups is 1. The van der Waals surface area contributed by atoms with Gasteiger partial charge in [-0.05, 0) is 46.2 Å². The zero-order valence-electron chi connectivity index (χ0n) is 12.9. The number of nitrogens with one attached hydrogen (secondary N) is 2. The van der Waals surface area contributed by atoms with Crippen molar-refractivity contribution in [3.05, 3.63) is 23.2 Å². The highest BCUT2D eigenvalue weighted by Gasteiger charge is 2.21. The molecule has 0 aromatic heterocycles. The highest BCUT2D eigenvalue weighted by Crippen LogP contribution is 2.33. The maximum Gasteiger partial charge on any atom is 0.319 e. The molecule has 3 N–H and O–H groups in total. The fourth-order valence-corrected chi connectivity index (χ4v) is 1.98. The summed E-state index contributed by atoms with van der Waals surface area (Å²) in [6.07, 6.45) is 0.407. The van der Waals surface area contributed by atoms with E-state index in [1.54, 1.807) is 18.2 Å². The molecule has 0 unspecified atom stereocenters. The molecule has 6 heteroatoms. The normalized spacial score (nSPS) is 11.4. The number of carbonyl (C=O) groups excluding carboxylic acids is 1. The molecule has 0 bridgehead atoms. The van der Waals surface area contributed by atoms with Gasteiger partial charge in [0.25, 0.3) is 0 Å². The second-order valence-electron chi connectivity index (χ2n) is 5.72. The van der Waals surface area contributed by atoms with Gasteiger partial charge in [0.05, 0.1) is 16.8 Å². The molecule has 1 rings (SSSR count). The van der Waals surface area contributed by atoms with E-state index in [-0.39, 0.29) is 18.7 Å². The first-order chi connectivity index (χ1) is 9.75. The van der Waals surface area contributed by atoms with Crippen LogP contribution in [-0.2, 0) is 0 Å². The molecule has 0 saturated carbocycles. The van der Waals surface area contributed by atoms with E-state index >= 15 is 0 Å². The minimum absolute atomic E-state index is 0.00611. The Morgan fingerprint density at radius 2 is 2.10 bits per heavy atom. The number of aliphatic hydroxyl groups excluding tert-OH is 1.